The van der Waals surface area contributed by atoms with Crippen molar-refractivity contribution in [1.82, 2.24) is 10.2 Å². The number of nitrogens with one attached hydrogen (secondary N) is 1. The van der Waals surface area contributed by atoms with Crippen molar-refractivity contribution in [2.24, 2.45) is 0 Å². The number of hydrogen-bond donors (Lipinski definition) is 1. The zero-order chi connectivity index (χ0) is 27.9. The van der Waals surface area contributed by atoms with Gasteiger partial charge in [-0.15, -0.1) is 0 Å². The Morgan fingerprint density at radius 1 is 0.921 bits per heavy atom. The van der Waals surface area contributed by atoms with Crippen molar-refractivity contribution in [3.8, 4) is 0 Å². The van der Waals surface area contributed by atoms with Crippen molar-refractivity contribution in [1.29, 1.82) is 0 Å². The third-order valence-electron chi connectivity index (χ3n) is 6.01. The molecule has 2 amide bonds. The summed E-state index contributed by atoms with van der Waals surface area (Å²) in [5, 5.41) is 3.45. The summed E-state index contributed by atoms with van der Waals surface area (Å²) in [7, 11) is -4.10. The summed E-state index contributed by atoms with van der Waals surface area (Å²) in [4.78, 5) is 28.3. The second kappa shape index (κ2) is 13.1. The van der Waals surface area contributed by atoms with E-state index in [1.807, 2.05) is 6.92 Å². The molecule has 10 heteroatoms. The van der Waals surface area contributed by atoms with E-state index in [2.05, 4.69) is 5.32 Å². The molecule has 0 bridgehead atoms. The van der Waals surface area contributed by atoms with Crippen LogP contribution in [0, 0.1) is 6.92 Å². The molecule has 0 heterocycles. The fourth-order valence-electron chi connectivity index (χ4n) is 4.01. The lowest BCUT2D eigenvalue weighted by atomic mass is 10.1. The Bertz CT molecular complexity index is 1370. The lowest BCUT2D eigenvalue weighted by Crippen LogP contribution is -2.52. The van der Waals surface area contributed by atoms with Gasteiger partial charge in [-0.3, -0.25) is 13.9 Å². The minimum atomic E-state index is -4.10. The molecule has 0 aliphatic carbocycles. The summed E-state index contributed by atoms with van der Waals surface area (Å²) < 4.78 is 28.6. The first kappa shape index (κ1) is 29.5. The highest BCUT2D eigenvalue weighted by Crippen LogP contribution is 2.27. The summed E-state index contributed by atoms with van der Waals surface area (Å²) in [5.74, 6) is -0.856. The number of hydrogen-bond acceptors (Lipinski definition) is 4. The minimum Gasteiger partial charge on any atom is -0.355 e. The van der Waals surface area contributed by atoms with E-state index in [1.54, 1.807) is 74.5 Å². The molecule has 1 atom stereocenters. The number of carbonyl (C=O) groups excluding carboxylic acids is 2. The largest absolute Gasteiger partial charge is 0.355 e. The zero-order valence-corrected chi connectivity index (χ0v) is 23.9. The maximum atomic E-state index is 13.9. The van der Waals surface area contributed by atoms with Crippen molar-refractivity contribution in [2.75, 3.05) is 17.4 Å². The first-order valence-corrected chi connectivity index (χ1v) is 14.4. The van der Waals surface area contributed by atoms with E-state index in [0.717, 1.165) is 9.87 Å². The standard InChI is InChI=1S/C28H31Cl2N3O4S/c1-4-26(28(35)31-5-2)32(18-21-13-16-24(29)25(30)17-21)27(34)19-33(22-14-11-20(3)12-15-22)38(36,37)23-9-7-6-8-10-23/h6-17,26H,4-5,18-19H2,1-3H3,(H,31,35)/t26-/m1/s1. The van der Waals surface area contributed by atoms with Crippen LogP contribution in [-0.2, 0) is 26.2 Å². The smallest absolute Gasteiger partial charge is 0.264 e. The molecule has 0 aromatic heterocycles. The molecule has 0 radical (unpaired) electrons. The molecule has 3 aromatic carbocycles. The van der Waals surface area contributed by atoms with Crippen LogP contribution in [-0.4, -0.2) is 44.3 Å². The number of nitrogens with zero attached hydrogens (tertiary/aromatic N) is 2. The number of halogens is 2. The lowest BCUT2D eigenvalue weighted by Gasteiger charge is -2.33. The van der Waals surface area contributed by atoms with Gasteiger partial charge in [0.05, 0.1) is 20.6 Å². The molecule has 7 nitrogen and oxygen atoms in total. The highest BCUT2D eigenvalue weighted by atomic mass is 35.5. The molecule has 0 spiro atoms. The van der Waals surface area contributed by atoms with Gasteiger partial charge in [-0.2, -0.15) is 0 Å². The zero-order valence-electron chi connectivity index (χ0n) is 21.5. The molecule has 1 N–H and O–H groups in total. The summed E-state index contributed by atoms with van der Waals surface area (Å²) >= 11 is 12.3. The number of benzene rings is 3. The van der Waals surface area contributed by atoms with Gasteiger partial charge in [0.25, 0.3) is 10.0 Å². The second-order valence-corrected chi connectivity index (χ2v) is 11.4. The molecule has 3 rings (SSSR count). The SMILES string of the molecule is CCNC(=O)[C@@H](CC)N(Cc1ccc(Cl)c(Cl)c1)C(=O)CN(c1ccc(C)cc1)S(=O)(=O)c1ccccc1. The Labute approximate surface area is 234 Å². The second-order valence-electron chi connectivity index (χ2n) is 8.75. The van der Waals surface area contributed by atoms with Crippen molar-refractivity contribution in [3.63, 3.8) is 0 Å². The summed E-state index contributed by atoms with van der Waals surface area (Å²) in [6.45, 7) is 5.41. The highest BCUT2D eigenvalue weighted by Gasteiger charge is 2.33. The van der Waals surface area contributed by atoms with Crippen LogP contribution >= 0.6 is 23.2 Å². The van der Waals surface area contributed by atoms with Crippen LogP contribution in [0.3, 0.4) is 0 Å². The van der Waals surface area contributed by atoms with Crippen molar-refractivity contribution >= 4 is 50.7 Å². The molecule has 0 aliphatic heterocycles. The average molecular weight is 577 g/mol. The molecule has 202 valence electrons. The molecule has 0 unspecified atom stereocenters. The normalized spacial score (nSPS) is 12.0. The number of amides is 2. The molecule has 0 saturated carbocycles. The Morgan fingerprint density at radius 2 is 1.58 bits per heavy atom. The van der Waals surface area contributed by atoms with Gasteiger partial charge < -0.3 is 10.2 Å². The number of rotatable bonds is 11. The minimum absolute atomic E-state index is 0.0402. The fraction of sp³-hybridized carbons (Fsp3) is 0.286. The van der Waals surface area contributed by atoms with Gasteiger partial charge in [0.15, 0.2) is 0 Å². The number of carbonyl (C=O) groups is 2. The van der Waals surface area contributed by atoms with E-state index < -0.39 is 28.5 Å². The third-order valence-corrected chi connectivity index (χ3v) is 8.53. The Kier molecular flexibility index (Phi) is 10.2. The Morgan fingerprint density at radius 3 is 2.16 bits per heavy atom. The van der Waals surface area contributed by atoms with Crippen molar-refractivity contribution in [2.45, 2.75) is 44.7 Å². The summed E-state index contributed by atoms with van der Waals surface area (Å²) in [6, 6.07) is 19.0. The van der Waals surface area contributed by atoms with Crippen LogP contribution in [0.25, 0.3) is 0 Å². The van der Waals surface area contributed by atoms with E-state index in [1.165, 1.54) is 17.0 Å². The summed E-state index contributed by atoms with van der Waals surface area (Å²) in [5.41, 5.74) is 1.94. The van der Waals surface area contributed by atoms with Gasteiger partial charge in [0.2, 0.25) is 11.8 Å². The average Bonchev–Trinajstić information content (AvgIpc) is 2.90. The van der Waals surface area contributed by atoms with Gasteiger partial charge in [-0.05, 0) is 62.2 Å². The predicted molar refractivity (Wildman–Crippen MR) is 152 cm³/mol. The first-order chi connectivity index (χ1) is 18.1. The Balaban J connectivity index is 2.05. The molecule has 0 saturated heterocycles. The predicted octanol–water partition coefficient (Wildman–Crippen LogP) is 5.44. The summed E-state index contributed by atoms with van der Waals surface area (Å²) in [6.07, 6.45) is 0.328. The van der Waals surface area contributed by atoms with E-state index in [4.69, 9.17) is 23.2 Å². The topological polar surface area (TPSA) is 86.8 Å². The van der Waals surface area contributed by atoms with Gasteiger partial charge in [-0.1, -0.05) is 72.1 Å². The van der Waals surface area contributed by atoms with Crippen molar-refractivity contribution in [3.05, 3.63) is 94.0 Å². The number of aryl methyl sites for hydroxylation is 1. The lowest BCUT2D eigenvalue weighted by molar-refractivity contribution is -0.140. The molecular weight excluding hydrogens is 545 g/mol. The Hall–Kier alpha value is -3.07. The monoisotopic (exact) mass is 575 g/mol. The fourth-order valence-corrected chi connectivity index (χ4v) is 5.76. The first-order valence-electron chi connectivity index (χ1n) is 12.2. The highest BCUT2D eigenvalue weighted by molar-refractivity contribution is 7.92. The van der Waals surface area contributed by atoms with Crippen LogP contribution in [0.4, 0.5) is 5.69 Å². The molecule has 3 aromatic rings. The number of sulfonamides is 1. The van der Waals surface area contributed by atoms with E-state index in [9.17, 15) is 18.0 Å². The van der Waals surface area contributed by atoms with Gasteiger partial charge in [-0.25, -0.2) is 8.42 Å². The van der Waals surface area contributed by atoms with E-state index >= 15 is 0 Å². The van der Waals surface area contributed by atoms with Crippen LogP contribution < -0.4 is 9.62 Å². The molecule has 0 fully saturated rings. The van der Waals surface area contributed by atoms with Crippen LogP contribution in [0.1, 0.15) is 31.4 Å². The van der Waals surface area contributed by atoms with Gasteiger partial charge in [0, 0.05) is 13.1 Å². The van der Waals surface area contributed by atoms with Crippen LogP contribution in [0.5, 0.6) is 0 Å². The third kappa shape index (κ3) is 7.07. The van der Waals surface area contributed by atoms with Crippen LogP contribution in [0.2, 0.25) is 10.0 Å². The van der Waals surface area contributed by atoms with E-state index in [0.29, 0.717) is 34.3 Å². The quantitative estimate of drug-likeness (QED) is 0.330. The van der Waals surface area contributed by atoms with Crippen LogP contribution in [0.15, 0.2) is 77.7 Å². The van der Waals surface area contributed by atoms with E-state index in [-0.39, 0.29) is 17.3 Å². The molecule has 38 heavy (non-hydrogen) atoms. The maximum absolute atomic E-state index is 13.9. The van der Waals surface area contributed by atoms with Crippen molar-refractivity contribution < 1.29 is 18.0 Å². The van der Waals surface area contributed by atoms with Gasteiger partial charge >= 0.3 is 0 Å². The molecule has 0 aliphatic rings. The molecular formula is C28H31Cl2N3O4S. The maximum Gasteiger partial charge on any atom is 0.264 e. The number of likely N-dealkylation sites (N-methyl/N-ethyl adjacent to an activating group) is 1. The van der Waals surface area contributed by atoms with Gasteiger partial charge in [0.1, 0.15) is 12.6 Å². The number of anilines is 1.